The van der Waals surface area contributed by atoms with Crippen molar-refractivity contribution in [3.63, 3.8) is 0 Å². The van der Waals surface area contributed by atoms with Crippen LogP contribution in [0.25, 0.3) is 0 Å². The Bertz CT molecular complexity index is 410. The van der Waals surface area contributed by atoms with Crippen molar-refractivity contribution in [3.8, 4) is 0 Å². The van der Waals surface area contributed by atoms with Gasteiger partial charge in [-0.2, -0.15) is 0 Å². The van der Waals surface area contributed by atoms with E-state index in [2.05, 4.69) is 5.32 Å². The molecule has 4 N–H and O–H groups in total. The molecule has 0 saturated heterocycles. The number of rotatable bonds is 4. The fraction of sp³-hybridized carbons (Fsp3) is 0.500. The van der Waals surface area contributed by atoms with Gasteiger partial charge in [0.25, 0.3) is 0 Å². The number of nitrogens with two attached hydrogens (primary N) is 1. The molecule has 0 bridgehead atoms. The number of hydrogen-bond donors (Lipinski definition) is 3. The first kappa shape index (κ1) is 15.3. The van der Waals surface area contributed by atoms with Gasteiger partial charge in [0, 0.05) is 5.69 Å². The molecule has 0 unspecified atom stereocenters. The van der Waals surface area contributed by atoms with Crippen LogP contribution in [0.1, 0.15) is 26.3 Å². The topological polar surface area (TPSA) is 84.6 Å². The quantitative estimate of drug-likeness (QED) is 0.724. The largest absolute Gasteiger partial charge is 0.444 e. The van der Waals surface area contributed by atoms with E-state index in [1.165, 1.54) is 0 Å². The van der Waals surface area contributed by atoms with Crippen LogP contribution in [-0.4, -0.2) is 29.4 Å². The van der Waals surface area contributed by atoms with Gasteiger partial charge in [0.05, 0.1) is 12.6 Å². The Morgan fingerprint density at radius 2 is 1.95 bits per heavy atom. The first-order chi connectivity index (χ1) is 8.80. The van der Waals surface area contributed by atoms with E-state index >= 15 is 0 Å². The van der Waals surface area contributed by atoms with Crippen molar-refractivity contribution in [2.75, 3.05) is 12.3 Å². The maximum atomic E-state index is 11.6. The minimum absolute atomic E-state index is 0.149. The molecule has 106 valence electrons. The Labute approximate surface area is 113 Å². The minimum Gasteiger partial charge on any atom is -0.444 e. The Balaban J connectivity index is 2.54. The molecule has 0 fully saturated rings. The number of nitrogens with one attached hydrogen (secondary N) is 1. The smallest absolute Gasteiger partial charge is 0.407 e. The Morgan fingerprint density at radius 1 is 1.37 bits per heavy atom. The van der Waals surface area contributed by atoms with Crippen LogP contribution in [0, 0.1) is 0 Å². The molecule has 0 saturated carbocycles. The monoisotopic (exact) mass is 266 g/mol. The van der Waals surface area contributed by atoms with Crippen LogP contribution in [0.2, 0.25) is 0 Å². The molecular weight excluding hydrogens is 244 g/mol. The van der Waals surface area contributed by atoms with Crippen LogP contribution in [0.3, 0.4) is 0 Å². The fourth-order valence-electron chi connectivity index (χ4n) is 1.57. The lowest BCUT2D eigenvalue weighted by Gasteiger charge is -2.22. The summed E-state index contributed by atoms with van der Waals surface area (Å²) in [5, 5.41) is 11.9. The van der Waals surface area contributed by atoms with Crippen molar-refractivity contribution in [2.24, 2.45) is 0 Å². The molecule has 5 heteroatoms. The number of aliphatic hydroxyl groups is 1. The number of hydrogen-bond acceptors (Lipinski definition) is 4. The van der Waals surface area contributed by atoms with E-state index in [1.54, 1.807) is 32.9 Å². The average Bonchev–Trinajstić information content (AvgIpc) is 2.28. The normalized spacial score (nSPS) is 12.8. The zero-order chi connectivity index (χ0) is 14.5. The number of carbonyl (C=O) groups excluding carboxylic acids is 1. The third kappa shape index (κ3) is 6.10. The third-order valence-electron chi connectivity index (χ3n) is 2.40. The van der Waals surface area contributed by atoms with E-state index in [9.17, 15) is 9.90 Å². The standard InChI is InChI=1S/C14H22N2O3/c1-14(2,3)19-13(18)16-12(9-17)8-10-4-6-11(15)7-5-10/h4-7,12,17H,8-9,15H2,1-3H3,(H,16,18)/t12-/m0/s1. The Hall–Kier alpha value is -1.75. The summed E-state index contributed by atoms with van der Waals surface area (Å²) in [6.07, 6.45) is -0.00210. The molecule has 0 aliphatic heterocycles. The molecule has 0 aromatic heterocycles. The van der Waals surface area contributed by atoms with Crippen molar-refractivity contribution < 1.29 is 14.6 Å². The Kier molecular flexibility index (Phi) is 5.18. The first-order valence-corrected chi connectivity index (χ1v) is 6.25. The molecule has 0 aliphatic rings. The molecule has 0 aliphatic carbocycles. The summed E-state index contributed by atoms with van der Waals surface area (Å²) in [5.41, 5.74) is 6.73. The number of ether oxygens (including phenoxy) is 1. The van der Waals surface area contributed by atoms with Gasteiger partial charge in [-0.3, -0.25) is 0 Å². The summed E-state index contributed by atoms with van der Waals surface area (Å²) in [6, 6.07) is 6.94. The zero-order valence-electron chi connectivity index (χ0n) is 11.6. The summed E-state index contributed by atoms with van der Waals surface area (Å²) in [5.74, 6) is 0. The first-order valence-electron chi connectivity index (χ1n) is 6.25. The van der Waals surface area contributed by atoms with Gasteiger partial charge in [-0.15, -0.1) is 0 Å². The number of alkyl carbamates (subject to hydrolysis) is 1. The maximum absolute atomic E-state index is 11.6. The highest BCUT2D eigenvalue weighted by Gasteiger charge is 2.19. The van der Waals surface area contributed by atoms with Crippen LogP contribution >= 0.6 is 0 Å². The second-order valence-corrected chi connectivity index (χ2v) is 5.47. The molecule has 1 amide bonds. The van der Waals surface area contributed by atoms with Crippen LogP contribution in [0.4, 0.5) is 10.5 Å². The van der Waals surface area contributed by atoms with Gasteiger partial charge >= 0.3 is 6.09 Å². The fourth-order valence-corrected chi connectivity index (χ4v) is 1.57. The summed E-state index contributed by atoms with van der Waals surface area (Å²) in [4.78, 5) is 11.6. The lowest BCUT2D eigenvalue weighted by Crippen LogP contribution is -2.42. The Morgan fingerprint density at radius 3 is 2.42 bits per heavy atom. The average molecular weight is 266 g/mol. The number of aliphatic hydroxyl groups excluding tert-OH is 1. The van der Waals surface area contributed by atoms with Gasteiger partial charge in [0.1, 0.15) is 5.60 Å². The number of amides is 1. The zero-order valence-corrected chi connectivity index (χ0v) is 11.6. The van der Waals surface area contributed by atoms with E-state index in [0.29, 0.717) is 12.1 Å². The predicted octanol–water partition coefficient (Wildman–Crippen LogP) is 1.70. The summed E-state index contributed by atoms with van der Waals surface area (Å²) < 4.78 is 5.15. The lowest BCUT2D eigenvalue weighted by atomic mass is 10.1. The van der Waals surface area contributed by atoms with E-state index in [-0.39, 0.29) is 12.6 Å². The molecule has 1 aromatic carbocycles. The summed E-state index contributed by atoms with van der Waals surface area (Å²) >= 11 is 0. The third-order valence-corrected chi connectivity index (χ3v) is 2.40. The minimum atomic E-state index is -0.550. The molecule has 5 nitrogen and oxygen atoms in total. The number of nitrogen functional groups attached to an aromatic ring is 1. The molecule has 0 radical (unpaired) electrons. The van der Waals surface area contributed by atoms with Crippen molar-refractivity contribution in [2.45, 2.75) is 38.8 Å². The van der Waals surface area contributed by atoms with E-state index < -0.39 is 11.7 Å². The summed E-state index contributed by atoms with van der Waals surface area (Å²) in [6.45, 7) is 5.23. The van der Waals surface area contributed by atoms with Crippen molar-refractivity contribution in [1.29, 1.82) is 0 Å². The predicted molar refractivity (Wildman–Crippen MR) is 74.8 cm³/mol. The van der Waals surface area contributed by atoms with Gasteiger partial charge < -0.3 is 20.9 Å². The van der Waals surface area contributed by atoms with Gasteiger partial charge in [-0.1, -0.05) is 12.1 Å². The van der Waals surface area contributed by atoms with E-state index in [1.807, 2.05) is 12.1 Å². The van der Waals surface area contributed by atoms with E-state index in [4.69, 9.17) is 10.5 Å². The van der Waals surface area contributed by atoms with Gasteiger partial charge in [-0.05, 0) is 44.9 Å². The number of benzene rings is 1. The molecule has 19 heavy (non-hydrogen) atoms. The highest BCUT2D eigenvalue weighted by atomic mass is 16.6. The molecule has 0 spiro atoms. The second-order valence-electron chi connectivity index (χ2n) is 5.47. The number of carbonyl (C=O) groups is 1. The molecule has 1 atom stereocenters. The summed E-state index contributed by atoms with van der Waals surface area (Å²) in [7, 11) is 0. The van der Waals surface area contributed by atoms with Gasteiger partial charge in [-0.25, -0.2) is 4.79 Å². The lowest BCUT2D eigenvalue weighted by molar-refractivity contribution is 0.0483. The van der Waals surface area contributed by atoms with Crippen molar-refractivity contribution in [1.82, 2.24) is 5.32 Å². The number of anilines is 1. The maximum Gasteiger partial charge on any atom is 0.407 e. The SMILES string of the molecule is CC(C)(C)OC(=O)N[C@H](CO)Cc1ccc(N)cc1. The van der Waals surface area contributed by atoms with Crippen LogP contribution < -0.4 is 11.1 Å². The van der Waals surface area contributed by atoms with Crippen LogP contribution in [-0.2, 0) is 11.2 Å². The van der Waals surface area contributed by atoms with Crippen LogP contribution in [0.15, 0.2) is 24.3 Å². The highest BCUT2D eigenvalue weighted by molar-refractivity contribution is 5.68. The van der Waals surface area contributed by atoms with E-state index in [0.717, 1.165) is 5.56 Å². The van der Waals surface area contributed by atoms with Crippen molar-refractivity contribution in [3.05, 3.63) is 29.8 Å². The van der Waals surface area contributed by atoms with Gasteiger partial charge in [0.15, 0.2) is 0 Å². The molecule has 1 aromatic rings. The van der Waals surface area contributed by atoms with Gasteiger partial charge in [0.2, 0.25) is 0 Å². The highest BCUT2D eigenvalue weighted by Crippen LogP contribution is 2.10. The second kappa shape index (κ2) is 6.43. The molecule has 0 heterocycles. The molecule has 1 rings (SSSR count). The molecular formula is C14H22N2O3. The van der Waals surface area contributed by atoms with Crippen molar-refractivity contribution >= 4 is 11.8 Å². The van der Waals surface area contributed by atoms with Crippen LogP contribution in [0.5, 0.6) is 0 Å².